The average molecular weight is 435 g/mol. The molecule has 0 spiro atoms. The smallest absolute Gasteiger partial charge is 0.249 e. The molecule has 1 amide bonds. The predicted molar refractivity (Wildman–Crippen MR) is 128 cm³/mol. The highest BCUT2D eigenvalue weighted by Gasteiger charge is 2.23. The number of piperazine rings is 1. The van der Waals surface area contributed by atoms with E-state index in [4.69, 9.17) is 10.00 Å². The molecule has 32 heavy (non-hydrogen) atoms. The second kappa shape index (κ2) is 11.7. The topological polar surface area (TPSA) is 77.4 Å². The van der Waals surface area contributed by atoms with Crippen molar-refractivity contribution in [3.05, 3.63) is 54.1 Å². The average Bonchev–Trinajstić information content (AvgIpc) is 2.82. The molecular formula is C26H34N4O2. The number of anilines is 1. The second-order valence-corrected chi connectivity index (χ2v) is 8.68. The molecule has 0 bridgehead atoms. The Morgan fingerprint density at radius 2 is 1.66 bits per heavy atom. The van der Waals surface area contributed by atoms with E-state index >= 15 is 0 Å². The lowest BCUT2D eigenvalue weighted by Gasteiger charge is -2.29. The number of hydrogen-bond acceptors (Lipinski definition) is 5. The van der Waals surface area contributed by atoms with E-state index in [0.717, 1.165) is 37.3 Å². The lowest BCUT2D eigenvalue weighted by atomic mass is 10.0. The van der Waals surface area contributed by atoms with Gasteiger partial charge in [0.25, 0.3) is 0 Å². The van der Waals surface area contributed by atoms with Gasteiger partial charge in [0.15, 0.2) is 0 Å². The van der Waals surface area contributed by atoms with Crippen LogP contribution >= 0.6 is 0 Å². The van der Waals surface area contributed by atoms with Gasteiger partial charge in [0, 0.05) is 31.9 Å². The molecule has 0 saturated carbocycles. The van der Waals surface area contributed by atoms with Crippen LogP contribution < -0.4 is 15.5 Å². The quantitative estimate of drug-likeness (QED) is 0.586. The predicted octanol–water partition coefficient (Wildman–Crippen LogP) is 3.90. The first-order valence-electron chi connectivity index (χ1n) is 11.4. The minimum Gasteiger partial charge on any atom is -0.369 e. The summed E-state index contributed by atoms with van der Waals surface area (Å²) in [4.78, 5) is 14.8. The number of nitrogens with one attached hydrogen (secondary N) is 2. The van der Waals surface area contributed by atoms with Crippen molar-refractivity contribution < 1.29 is 9.53 Å². The highest BCUT2D eigenvalue weighted by molar-refractivity contribution is 5.81. The number of ether oxygens (including phenoxy) is 1. The van der Waals surface area contributed by atoms with Gasteiger partial charge in [-0.15, -0.1) is 0 Å². The van der Waals surface area contributed by atoms with Gasteiger partial charge in [0.05, 0.1) is 12.2 Å². The normalized spacial score (nSPS) is 15.8. The number of rotatable bonds is 9. The van der Waals surface area contributed by atoms with Crippen LogP contribution in [0.25, 0.3) is 11.1 Å². The van der Waals surface area contributed by atoms with Gasteiger partial charge in [-0.05, 0) is 48.1 Å². The molecule has 2 atom stereocenters. The van der Waals surface area contributed by atoms with Gasteiger partial charge in [-0.3, -0.25) is 4.79 Å². The Labute approximate surface area is 191 Å². The molecule has 6 nitrogen and oxygen atoms in total. The maximum Gasteiger partial charge on any atom is 0.249 e. The van der Waals surface area contributed by atoms with Crippen LogP contribution in [0, 0.1) is 17.2 Å². The van der Waals surface area contributed by atoms with Gasteiger partial charge >= 0.3 is 0 Å². The molecule has 2 N–H and O–H groups in total. The van der Waals surface area contributed by atoms with Crippen LogP contribution in [0.1, 0.15) is 38.9 Å². The summed E-state index contributed by atoms with van der Waals surface area (Å²) in [5.41, 5.74) is 4.61. The van der Waals surface area contributed by atoms with Gasteiger partial charge in [-0.1, -0.05) is 50.2 Å². The SMILES string of the molecule is CC(C)CC(OC(C)c1ccc(-c2ccc(N3CCNCC3)cc2)cc1)C(=O)NCC#N. The lowest BCUT2D eigenvalue weighted by molar-refractivity contribution is -0.137. The summed E-state index contributed by atoms with van der Waals surface area (Å²) in [6.07, 6.45) is -0.190. The molecule has 3 rings (SSSR count). The zero-order valence-electron chi connectivity index (χ0n) is 19.3. The van der Waals surface area contributed by atoms with E-state index in [2.05, 4.69) is 77.9 Å². The Morgan fingerprint density at radius 3 is 2.22 bits per heavy atom. The van der Waals surface area contributed by atoms with E-state index < -0.39 is 6.10 Å². The van der Waals surface area contributed by atoms with E-state index in [1.807, 2.05) is 13.0 Å². The van der Waals surface area contributed by atoms with Gasteiger partial charge in [-0.25, -0.2) is 0 Å². The fourth-order valence-electron chi connectivity index (χ4n) is 3.95. The molecule has 1 aliphatic rings. The van der Waals surface area contributed by atoms with Crippen LogP contribution in [-0.4, -0.2) is 44.7 Å². The fraction of sp³-hybridized carbons (Fsp3) is 0.462. The third kappa shape index (κ3) is 6.56. The van der Waals surface area contributed by atoms with Crippen LogP contribution in [0.2, 0.25) is 0 Å². The summed E-state index contributed by atoms with van der Waals surface area (Å²) in [6, 6.07) is 19.0. The van der Waals surface area contributed by atoms with Crippen molar-refractivity contribution in [2.75, 3.05) is 37.6 Å². The number of nitrogens with zero attached hydrogens (tertiary/aromatic N) is 2. The zero-order chi connectivity index (χ0) is 22.9. The van der Waals surface area contributed by atoms with E-state index in [0.29, 0.717) is 12.3 Å². The molecule has 2 unspecified atom stereocenters. The summed E-state index contributed by atoms with van der Waals surface area (Å²) in [5.74, 6) is 0.0832. The highest BCUT2D eigenvalue weighted by atomic mass is 16.5. The molecule has 2 aromatic carbocycles. The van der Waals surface area contributed by atoms with Gasteiger partial charge in [-0.2, -0.15) is 5.26 Å². The van der Waals surface area contributed by atoms with Crippen LogP contribution in [-0.2, 0) is 9.53 Å². The fourth-order valence-corrected chi connectivity index (χ4v) is 3.95. The number of carbonyl (C=O) groups excluding carboxylic acids is 1. The molecule has 1 heterocycles. The summed E-state index contributed by atoms with van der Waals surface area (Å²) < 4.78 is 6.10. The number of hydrogen-bond donors (Lipinski definition) is 2. The van der Waals surface area contributed by atoms with Crippen molar-refractivity contribution in [2.24, 2.45) is 5.92 Å². The Balaban J connectivity index is 1.64. The maximum absolute atomic E-state index is 12.4. The first-order chi connectivity index (χ1) is 15.5. The molecule has 0 aromatic heterocycles. The second-order valence-electron chi connectivity index (χ2n) is 8.68. The zero-order valence-corrected chi connectivity index (χ0v) is 19.3. The molecule has 2 aromatic rings. The van der Waals surface area contributed by atoms with Gasteiger partial charge in [0.2, 0.25) is 5.91 Å². The van der Waals surface area contributed by atoms with Crippen LogP contribution in [0.4, 0.5) is 5.69 Å². The molecule has 1 saturated heterocycles. The summed E-state index contributed by atoms with van der Waals surface area (Å²) in [7, 11) is 0. The van der Waals surface area contributed by atoms with Crippen LogP contribution in [0.3, 0.4) is 0 Å². The van der Waals surface area contributed by atoms with Crippen LogP contribution in [0.15, 0.2) is 48.5 Å². The Bertz CT molecular complexity index is 897. The largest absolute Gasteiger partial charge is 0.369 e. The number of carbonyl (C=O) groups is 1. The Hall–Kier alpha value is -2.88. The van der Waals surface area contributed by atoms with E-state index in [1.54, 1.807) is 0 Å². The summed E-state index contributed by atoms with van der Waals surface area (Å²) >= 11 is 0. The molecule has 1 fully saturated rings. The maximum atomic E-state index is 12.4. The Kier molecular flexibility index (Phi) is 8.66. The van der Waals surface area contributed by atoms with Crippen molar-refractivity contribution in [1.82, 2.24) is 10.6 Å². The van der Waals surface area contributed by atoms with Crippen molar-refractivity contribution in [1.29, 1.82) is 5.26 Å². The van der Waals surface area contributed by atoms with Gasteiger partial charge < -0.3 is 20.3 Å². The van der Waals surface area contributed by atoms with Crippen LogP contribution in [0.5, 0.6) is 0 Å². The molecule has 0 aliphatic carbocycles. The third-order valence-corrected chi connectivity index (χ3v) is 5.75. The van der Waals surface area contributed by atoms with E-state index in [1.165, 1.54) is 11.3 Å². The third-order valence-electron chi connectivity index (χ3n) is 5.75. The lowest BCUT2D eigenvalue weighted by Crippen LogP contribution is -2.43. The standard InChI is InChI=1S/C26H34N4O2/c1-19(2)18-25(26(31)29-13-12-27)32-20(3)21-4-6-22(7-5-21)23-8-10-24(11-9-23)30-16-14-28-15-17-30/h4-11,19-20,25,28H,13-18H2,1-3H3,(H,29,31). The summed E-state index contributed by atoms with van der Waals surface area (Å²) in [6.45, 7) is 10.2. The minimum atomic E-state index is -0.574. The molecule has 0 radical (unpaired) electrons. The number of nitriles is 1. The van der Waals surface area contributed by atoms with Crippen molar-refractivity contribution >= 4 is 11.6 Å². The minimum absolute atomic E-state index is 0.00664. The van der Waals surface area contributed by atoms with Crippen molar-refractivity contribution in [3.63, 3.8) is 0 Å². The van der Waals surface area contributed by atoms with Crippen molar-refractivity contribution in [3.8, 4) is 17.2 Å². The summed E-state index contributed by atoms with van der Waals surface area (Å²) in [5, 5.41) is 14.7. The van der Waals surface area contributed by atoms with Crippen molar-refractivity contribution in [2.45, 2.75) is 39.4 Å². The van der Waals surface area contributed by atoms with E-state index in [-0.39, 0.29) is 18.6 Å². The van der Waals surface area contributed by atoms with Gasteiger partial charge in [0.1, 0.15) is 12.6 Å². The number of amides is 1. The molecule has 170 valence electrons. The molecule has 1 aliphatic heterocycles. The number of benzene rings is 2. The Morgan fingerprint density at radius 1 is 1.06 bits per heavy atom. The monoisotopic (exact) mass is 434 g/mol. The first kappa shape index (κ1) is 23.8. The molecule has 6 heteroatoms. The van der Waals surface area contributed by atoms with E-state index in [9.17, 15) is 4.79 Å². The highest BCUT2D eigenvalue weighted by Crippen LogP contribution is 2.27. The molecular weight excluding hydrogens is 400 g/mol. The first-order valence-corrected chi connectivity index (χ1v) is 11.4.